The smallest absolute Gasteiger partial charge is 0.308 e. The molecule has 0 unspecified atom stereocenters. The molecule has 0 aliphatic heterocycles. The van der Waals surface area contributed by atoms with Gasteiger partial charge in [-0.3, -0.25) is 4.79 Å². The van der Waals surface area contributed by atoms with Gasteiger partial charge in [0.1, 0.15) is 0 Å². The minimum Gasteiger partial charge on any atom is -0.466 e. The third-order valence-corrected chi connectivity index (χ3v) is 3.19. The summed E-state index contributed by atoms with van der Waals surface area (Å²) >= 11 is 0. The van der Waals surface area contributed by atoms with Gasteiger partial charge in [-0.25, -0.2) is 0 Å². The van der Waals surface area contributed by atoms with Crippen molar-refractivity contribution in [2.24, 2.45) is 17.6 Å². The highest BCUT2D eigenvalue weighted by Gasteiger charge is 2.31. The van der Waals surface area contributed by atoms with Crippen LogP contribution in [0.1, 0.15) is 39.5 Å². The fourth-order valence-corrected chi connectivity index (χ4v) is 2.25. The van der Waals surface area contributed by atoms with Crippen LogP contribution in [0.5, 0.6) is 0 Å². The molecule has 2 N–H and O–H groups in total. The van der Waals surface area contributed by atoms with Crippen molar-refractivity contribution in [3.8, 4) is 0 Å². The number of ether oxygens (including phenoxy) is 1. The predicted molar refractivity (Wildman–Crippen MR) is 55.7 cm³/mol. The first-order chi connectivity index (χ1) is 6.69. The van der Waals surface area contributed by atoms with E-state index in [1.807, 2.05) is 6.92 Å². The third kappa shape index (κ3) is 2.71. The van der Waals surface area contributed by atoms with E-state index in [9.17, 15) is 4.79 Å². The van der Waals surface area contributed by atoms with Crippen LogP contribution < -0.4 is 5.73 Å². The van der Waals surface area contributed by atoms with E-state index in [0.717, 1.165) is 25.7 Å². The molecule has 1 rings (SSSR count). The zero-order chi connectivity index (χ0) is 10.6. The van der Waals surface area contributed by atoms with Crippen molar-refractivity contribution in [2.45, 2.75) is 45.6 Å². The first kappa shape index (κ1) is 11.5. The minimum atomic E-state index is -0.0579. The lowest BCUT2D eigenvalue weighted by Crippen LogP contribution is -2.39. The van der Waals surface area contributed by atoms with Crippen molar-refractivity contribution in [3.05, 3.63) is 0 Å². The SMILES string of the molecule is CCOC(=O)[C@@H]1CC[C@H](CC)[C@H](N)C1. The normalized spacial score (nSPS) is 32.6. The minimum absolute atomic E-state index is 0.0488. The number of rotatable bonds is 3. The number of esters is 1. The number of hydrogen-bond donors (Lipinski definition) is 1. The maximum atomic E-state index is 11.5. The van der Waals surface area contributed by atoms with E-state index in [0.29, 0.717) is 12.5 Å². The molecule has 1 aliphatic carbocycles. The molecule has 3 atom stereocenters. The molecule has 0 radical (unpaired) electrons. The van der Waals surface area contributed by atoms with Gasteiger partial charge in [0, 0.05) is 6.04 Å². The Hall–Kier alpha value is -0.570. The van der Waals surface area contributed by atoms with Crippen molar-refractivity contribution in [1.82, 2.24) is 0 Å². The van der Waals surface area contributed by atoms with Gasteiger partial charge in [-0.2, -0.15) is 0 Å². The molecular formula is C11H21NO2. The monoisotopic (exact) mass is 199 g/mol. The zero-order valence-corrected chi connectivity index (χ0v) is 9.16. The van der Waals surface area contributed by atoms with Gasteiger partial charge in [0.2, 0.25) is 0 Å². The summed E-state index contributed by atoms with van der Waals surface area (Å²) in [7, 11) is 0. The Balaban J connectivity index is 2.41. The van der Waals surface area contributed by atoms with Gasteiger partial charge in [-0.15, -0.1) is 0 Å². The highest BCUT2D eigenvalue weighted by Crippen LogP contribution is 2.30. The van der Waals surface area contributed by atoms with E-state index >= 15 is 0 Å². The van der Waals surface area contributed by atoms with Crippen molar-refractivity contribution in [3.63, 3.8) is 0 Å². The van der Waals surface area contributed by atoms with Crippen LogP contribution in [0.4, 0.5) is 0 Å². The fraction of sp³-hybridized carbons (Fsp3) is 0.909. The standard InChI is InChI=1S/C11H21NO2/c1-3-8-5-6-9(7-10(8)12)11(13)14-4-2/h8-10H,3-7,12H2,1-2H3/t8-,9+,10+/m0/s1. The summed E-state index contributed by atoms with van der Waals surface area (Å²) in [6, 6.07) is 0.183. The largest absolute Gasteiger partial charge is 0.466 e. The van der Waals surface area contributed by atoms with Crippen molar-refractivity contribution in [2.75, 3.05) is 6.61 Å². The molecule has 3 heteroatoms. The molecule has 1 fully saturated rings. The van der Waals surface area contributed by atoms with E-state index in [4.69, 9.17) is 10.5 Å². The lowest BCUT2D eigenvalue weighted by Gasteiger charge is -2.32. The number of hydrogen-bond acceptors (Lipinski definition) is 3. The Morgan fingerprint density at radius 2 is 2.14 bits per heavy atom. The summed E-state index contributed by atoms with van der Waals surface area (Å²) in [5.41, 5.74) is 6.01. The molecule has 0 heterocycles. The molecule has 0 bridgehead atoms. The van der Waals surface area contributed by atoms with Gasteiger partial charge >= 0.3 is 5.97 Å². The van der Waals surface area contributed by atoms with Crippen LogP contribution in [0.15, 0.2) is 0 Å². The van der Waals surface area contributed by atoms with Crippen LogP contribution in [0.2, 0.25) is 0 Å². The van der Waals surface area contributed by atoms with Gasteiger partial charge in [-0.1, -0.05) is 13.3 Å². The van der Waals surface area contributed by atoms with E-state index < -0.39 is 0 Å². The van der Waals surface area contributed by atoms with Gasteiger partial charge in [0.25, 0.3) is 0 Å². The van der Waals surface area contributed by atoms with Gasteiger partial charge in [-0.05, 0) is 32.1 Å². The van der Waals surface area contributed by atoms with Crippen molar-refractivity contribution >= 4 is 5.97 Å². The Bertz CT molecular complexity index is 194. The van der Waals surface area contributed by atoms with Crippen LogP contribution in [0.3, 0.4) is 0 Å². The molecule has 1 aliphatic rings. The molecule has 14 heavy (non-hydrogen) atoms. The van der Waals surface area contributed by atoms with Crippen LogP contribution in [0.25, 0.3) is 0 Å². The summed E-state index contributed by atoms with van der Waals surface area (Å²) in [5.74, 6) is 0.589. The first-order valence-electron chi connectivity index (χ1n) is 5.61. The second-order valence-corrected chi connectivity index (χ2v) is 4.09. The van der Waals surface area contributed by atoms with Crippen LogP contribution in [0, 0.1) is 11.8 Å². The van der Waals surface area contributed by atoms with E-state index in [1.54, 1.807) is 0 Å². The van der Waals surface area contributed by atoms with Crippen LogP contribution >= 0.6 is 0 Å². The zero-order valence-electron chi connectivity index (χ0n) is 9.16. The summed E-state index contributed by atoms with van der Waals surface area (Å²) < 4.78 is 5.00. The van der Waals surface area contributed by atoms with E-state index in [2.05, 4.69) is 6.92 Å². The fourth-order valence-electron chi connectivity index (χ4n) is 2.25. The van der Waals surface area contributed by atoms with E-state index in [-0.39, 0.29) is 17.9 Å². The molecule has 3 nitrogen and oxygen atoms in total. The average Bonchev–Trinajstić information content (AvgIpc) is 2.18. The molecule has 0 saturated heterocycles. The molecular weight excluding hydrogens is 178 g/mol. The van der Waals surface area contributed by atoms with Crippen molar-refractivity contribution < 1.29 is 9.53 Å². The summed E-state index contributed by atoms with van der Waals surface area (Å²) in [6.45, 7) is 4.48. The second kappa shape index (κ2) is 5.35. The first-order valence-corrected chi connectivity index (χ1v) is 5.61. The maximum Gasteiger partial charge on any atom is 0.308 e. The second-order valence-electron chi connectivity index (χ2n) is 4.09. The topological polar surface area (TPSA) is 52.3 Å². The van der Waals surface area contributed by atoms with Crippen LogP contribution in [-0.2, 0) is 9.53 Å². The van der Waals surface area contributed by atoms with Gasteiger partial charge in [0.15, 0.2) is 0 Å². The molecule has 0 spiro atoms. The van der Waals surface area contributed by atoms with Crippen LogP contribution in [-0.4, -0.2) is 18.6 Å². The number of carbonyl (C=O) groups is 1. The van der Waals surface area contributed by atoms with E-state index in [1.165, 1.54) is 0 Å². The molecule has 82 valence electrons. The molecule has 0 aromatic carbocycles. The van der Waals surface area contributed by atoms with Gasteiger partial charge in [0.05, 0.1) is 12.5 Å². The van der Waals surface area contributed by atoms with Crippen molar-refractivity contribution in [1.29, 1.82) is 0 Å². The maximum absolute atomic E-state index is 11.5. The molecule has 0 amide bonds. The molecule has 0 aromatic rings. The number of nitrogens with two attached hydrogens (primary N) is 1. The number of carbonyl (C=O) groups excluding carboxylic acids is 1. The third-order valence-electron chi connectivity index (χ3n) is 3.19. The predicted octanol–water partition coefficient (Wildman–Crippen LogP) is 1.70. The molecule has 1 saturated carbocycles. The lowest BCUT2D eigenvalue weighted by atomic mass is 9.77. The van der Waals surface area contributed by atoms with Gasteiger partial charge < -0.3 is 10.5 Å². The summed E-state index contributed by atoms with van der Waals surface area (Å²) in [6.07, 6.45) is 3.94. The highest BCUT2D eigenvalue weighted by molar-refractivity contribution is 5.72. The lowest BCUT2D eigenvalue weighted by molar-refractivity contribution is -0.149. The Morgan fingerprint density at radius 3 is 2.64 bits per heavy atom. The Kier molecular flexibility index (Phi) is 4.39. The average molecular weight is 199 g/mol. The molecule has 0 aromatic heterocycles. The quantitative estimate of drug-likeness (QED) is 0.704. The highest BCUT2D eigenvalue weighted by atomic mass is 16.5. The Morgan fingerprint density at radius 1 is 1.43 bits per heavy atom. The summed E-state index contributed by atoms with van der Waals surface area (Å²) in [4.78, 5) is 11.5. The Labute approximate surface area is 86.0 Å². The summed E-state index contributed by atoms with van der Waals surface area (Å²) in [5, 5.41) is 0.